The quantitative estimate of drug-likeness (QED) is 0.568. The molecular weight excluding hydrogens is 322 g/mol. The summed E-state index contributed by atoms with van der Waals surface area (Å²) in [4.78, 5) is 4.21. The first-order valence-corrected chi connectivity index (χ1v) is 7.49. The minimum absolute atomic E-state index is 0.0320. The molecule has 0 radical (unpaired) electrons. The monoisotopic (exact) mass is 333 g/mol. The Hall–Kier alpha value is -1.27. The van der Waals surface area contributed by atoms with Crippen molar-refractivity contribution < 1.29 is 0 Å². The van der Waals surface area contributed by atoms with E-state index >= 15 is 0 Å². The fourth-order valence-corrected chi connectivity index (χ4v) is 3.43. The van der Waals surface area contributed by atoms with Crippen molar-refractivity contribution >= 4 is 38.0 Å². The minimum Gasteiger partial charge on any atom is -0.271 e. The number of fused-ring (bicyclic) bond motifs is 1. The summed E-state index contributed by atoms with van der Waals surface area (Å²) < 4.78 is 1.10. The second-order valence-electron chi connectivity index (χ2n) is 4.23. The summed E-state index contributed by atoms with van der Waals surface area (Å²) in [6.45, 7) is 0. The van der Waals surface area contributed by atoms with Crippen LogP contribution in [0, 0.1) is 0 Å². The van der Waals surface area contributed by atoms with Crippen molar-refractivity contribution in [3.63, 3.8) is 0 Å². The summed E-state index contributed by atoms with van der Waals surface area (Å²) in [6.07, 6.45) is 3.69. The van der Waals surface area contributed by atoms with Crippen molar-refractivity contribution in [2.75, 3.05) is 0 Å². The molecule has 0 spiro atoms. The predicted octanol–water partition coefficient (Wildman–Crippen LogP) is 3.61. The standard InChI is InChI=1S/C14H12BrN3S/c15-13-6-10(8-19-13)14(18-16)11-3-1-2-9-4-5-17-7-12(9)11/h1-8,14,18H,16H2. The Labute approximate surface area is 123 Å². The van der Waals surface area contributed by atoms with Crippen LogP contribution in [0.4, 0.5) is 0 Å². The van der Waals surface area contributed by atoms with Gasteiger partial charge < -0.3 is 0 Å². The van der Waals surface area contributed by atoms with Gasteiger partial charge in [0, 0.05) is 17.8 Å². The lowest BCUT2D eigenvalue weighted by atomic mass is 9.97. The number of nitrogens with one attached hydrogen (secondary N) is 1. The average molecular weight is 334 g/mol. The molecule has 0 aliphatic heterocycles. The number of pyridine rings is 1. The first-order valence-electron chi connectivity index (χ1n) is 5.82. The summed E-state index contributed by atoms with van der Waals surface area (Å²) in [7, 11) is 0. The van der Waals surface area contributed by atoms with Crippen LogP contribution in [0.3, 0.4) is 0 Å². The first-order chi connectivity index (χ1) is 9.29. The highest BCUT2D eigenvalue weighted by atomic mass is 79.9. The van der Waals surface area contributed by atoms with E-state index in [1.165, 1.54) is 5.39 Å². The third kappa shape index (κ3) is 2.42. The molecule has 3 N–H and O–H groups in total. The smallest absolute Gasteiger partial charge is 0.0725 e. The van der Waals surface area contributed by atoms with E-state index in [9.17, 15) is 0 Å². The number of benzene rings is 1. The fraction of sp³-hybridized carbons (Fsp3) is 0.0714. The Morgan fingerprint density at radius 1 is 1.32 bits per heavy atom. The number of hydrogen-bond acceptors (Lipinski definition) is 4. The summed E-state index contributed by atoms with van der Waals surface area (Å²) in [5.41, 5.74) is 5.18. The third-order valence-corrected chi connectivity index (χ3v) is 4.64. The SMILES string of the molecule is NNC(c1csc(Br)c1)c1cccc2ccncc12. The molecule has 0 aliphatic carbocycles. The molecule has 3 nitrogen and oxygen atoms in total. The van der Waals surface area contributed by atoms with Gasteiger partial charge in [0.25, 0.3) is 0 Å². The van der Waals surface area contributed by atoms with Gasteiger partial charge in [0.15, 0.2) is 0 Å². The minimum atomic E-state index is -0.0320. The summed E-state index contributed by atoms with van der Waals surface area (Å²) in [6, 6.07) is 10.3. The van der Waals surface area contributed by atoms with Crippen LogP contribution in [-0.4, -0.2) is 4.98 Å². The van der Waals surface area contributed by atoms with Crippen molar-refractivity contribution in [2.45, 2.75) is 6.04 Å². The van der Waals surface area contributed by atoms with Gasteiger partial charge in [-0.25, -0.2) is 5.43 Å². The maximum Gasteiger partial charge on any atom is 0.0725 e. The molecule has 0 saturated carbocycles. The molecule has 1 aromatic carbocycles. The lowest BCUT2D eigenvalue weighted by Crippen LogP contribution is -2.28. The molecule has 1 atom stereocenters. The molecular formula is C14H12BrN3S. The highest BCUT2D eigenvalue weighted by molar-refractivity contribution is 9.11. The Kier molecular flexibility index (Phi) is 3.61. The molecule has 0 aliphatic rings. The largest absolute Gasteiger partial charge is 0.271 e. The summed E-state index contributed by atoms with van der Waals surface area (Å²) >= 11 is 5.14. The molecule has 2 aromatic heterocycles. The maximum absolute atomic E-state index is 5.76. The molecule has 5 heteroatoms. The van der Waals surface area contributed by atoms with Crippen LogP contribution in [-0.2, 0) is 0 Å². The molecule has 0 fully saturated rings. The van der Waals surface area contributed by atoms with E-state index in [-0.39, 0.29) is 6.04 Å². The highest BCUT2D eigenvalue weighted by Crippen LogP contribution is 2.32. The molecule has 0 saturated heterocycles. The second-order valence-corrected chi connectivity index (χ2v) is 6.52. The van der Waals surface area contributed by atoms with Crippen LogP contribution in [0.1, 0.15) is 17.2 Å². The highest BCUT2D eigenvalue weighted by Gasteiger charge is 2.16. The van der Waals surface area contributed by atoms with Crippen LogP contribution in [0.15, 0.2) is 51.9 Å². The number of hydrazine groups is 1. The summed E-state index contributed by atoms with van der Waals surface area (Å²) in [5.74, 6) is 5.76. The third-order valence-electron chi connectivity index (χ3n) is 3.12. The number of thiophene rings is 1. The Balaban J connectivity index is 2.16. The van der Waals surface area contributed by atoms with Crippen LogP contribution < -0.4 is 11.3 Å². The van der Waals surface area contributed by atoms with Crippen LogP contribution in [0.25, 0.3) is 10.8 Å². The van der Waals surface area contributed by atoms with E-state index < -0.39 is 0 Å². The van der Waals surface area contributed by atoms with Gasteiger partial charge in [-0.2, -0.15) is 0 Å². The molecule has 19 heavy (non-hydrogen) atoms. The van der Waals surface area contributed by atoms with Crippen LogP contribution in [0.2, 0.25) is 0 Å². The average Bonchev–Trinajstić information content (AvgIpc) is 2.86. The number of nitrogens with two attached hydrogens (primary N) is 1. The predicted molar refractivity (Wildman–Crippen MR) is 82.9 cm³/mol. The van der Waals surface area contributed by atoms with E-state index in [0.717, 1.165) is 20.3 Å². The van der Waals surface area contributed by atoms with Gasteiger partial charge in [0.2, 0.25) is 0 Å². The molecule has 0 amide bonds. The van der Waals surface area contributed by atoms with Gasteiger partial charge in [0.05, 0.1) is 9.83 Å². The Morgan fingerprint density at radius 2 is 2.21 bits per heavy atom. The molecule has 96 valence electrons. The van der Waals surface area contributed by atoms with E-state index in [4.69, 9.17) is 5.84 Å². The second kappa shape index (κ2) is 5.38. The van der Waals surface area contributed by atoms with Crippen LogP contribution in [0.5, 0.6) is 0 Å². The van der Waals surface area contributed by atoms with E-state index in [0.29, 0.717) is 0 Å². The molecule has 3 aromatic rings. The topological polar surface area (TPSA) is 50.9 Å². The number of halogens is 1. The summed E-state index contributed by atoms with van der Waals surface area (Å²) in [5, 5.41) is 4.39. The zero-order valence-electron chi connectivity index (χ0n) is 10.0. The number of rotatable bonds is 3. The van der Waals surface area contributed by atoms with Crippen molar-refractivity contribution in [3.05, 3.63) is 63.0 Å². The normalized spacial score (nSPS) is 12.7. The van der Waals surface area contributed by atoms with E-state index in [1.54, 1.807) is 17.5 Å². The lowest BCUT2D eigenvalue weighted by Gasteiger charge is -2.17. The van der Waals surface area contributed by atoms with E-state index in [2.05, 4.69) is 49.9 Å². The number of aromatic nitrogens is 1. The van der Waals surface area contributed by atoms with Gasteiger partial charge in [-0.05, 0) is 50.0 Å². The van der Waals surface area contributed by atoms with Crippen LogP contribution >= 0.6 is 27.3 Å². The van der Waals surface area contributed by atoms with Crippen molar-refractivity contribution in [2.24, 2.45) is 5.84 Å². The molecule has 1 unspecified atom stereocenters. The van der Waals surface area contributed by atoms with E-state index in [1.807, 2.05) is 18.3 Å². The van der Waals surface area contributed by atoms with Crippen molar-refractivity contribution in [1.29, 1.82) is 0 Å². The number of hydrogen-bond donors (Lipinski definition) is 2. The zero-order valence-corrected chi connectivity index (χ0v) is 12.4. The molecule has 3 rings (SSSR count). The fourth-order valence-electron chi connectivity index (χ4n) is 2.23. The van der Waals surface area contributed by atoms with Gasteiger partial charge in [-0.1, -0.05) is 18.2 Å². The maximum atomic E-state index is 5.76. The van der Waals surface area contributed by atoms with Gasteiger partial charge >= 0.3 is 0 Å². The van der Waals surface area contributed by atoms with Crippen molar-refractivity contribution in [1.82, 2.24) is 10.4 Å². The Bertz CT molecular complexity index is 705. The lowest BCUT2D eigenvalue weighted by molar-refractivity contribution is 0.642. The zero-order chi connectivity index (χ0) is 13.2. The van der Waals surface area contributed by atoms with Crippen molar-refractivity contribution in [3.8, 4) is 0 Å². The molecule has 0 bridgehead atoms. The number of nitrogens with zero attached hydrogens (tertiary/aromatic N) is 1. The van der Waals surface area contributed by atoms with Gasteiger partial charge in [-0.15, -0.1) is 11.3 Å². The van der Waals surface area contributed by atoms with Gasteiger partial charge in [0.1, 0.15) is 0 Å². The Morgan fingerprint density at radius 3 is 2.95 bits per heavy atom. The molecule has 2 heterocycles. The first kappa shape index (κ1) is 12.7. The van der Waals surface area contributed by atoms with Gasteiger partial charge in [-0.3, -0.25) is 10.8 Å².